The summed E-state index contributed by atoms with van der Waals surface area (Å²) in [6.07, 6.45) is 5.26. The minimum atomic E-state index is -1.03. The van der Waals surface area contributed by atoms with Crippen molar-refractivity contribution in [3.63, 3.8) is 0 Å². The van der Waals surface area contributed by atoms with Crippen molar-refractivity contribution < 1.29 is 14.7 Å². The van der Waals surface area contributed by atoms with Gasteiger partial charge in [0.25, 0.3) is 0 Å². The van der Waals surface area contributed by atoms with Crippen LogP contribution in [0.2, 0.25) is 0 Å². The van der Waals surface area contributed by atoms with E-state index in [1.54, 1.807) is 13.0 Å². The molecule has 1 aliphatic carbocycles. The van der Waals surface area contributed by atoms with Gasteiger partial charge in [-0.2, -0.15) is 0 Å². The first-order valence-electron chi connectivity index (χ1n) is 5.05. The number of hydrogen-bond donors (Lipinski definition) is 2. The van der Waals surface area contributed by atoms with Crippen molar-refractivity contribution in [3.8, 4) is 0 Å². The quantitative estimate of drug-likeness (QED) is 0.743. The number of hydrogen-bond acceptors (Lipinski definition) is 2. The Balaban J connectivity index is 2.39. The third-order valence-electron chi connectivity index (χ3n) is 2.31. The van der Waals surface area contributed by atoms with Gasteiger partial charge >= 0.3 is 6.09 Å². The average molecular weight is 244 g/mol. The predicted molar refractivity (Wildman–Crippen MR) is 61.7 cm³/mol. The molecule has 0 aromatic rings. The molecule has 0 bridgehead atoms. The molecule has 0 heterocycles. The smallest absolute Gasteiger partial charge is 0.404 e. The highest BCUT2D eigenvalue weighted by molar-refractivity contribution is 6.34. The molecule has 1 unspecified atom stereocenters. The molecule has 0 saturated carbocycles. The summed E-state index contributed by atoms with van der Waals surface area (Å²) in [6, 6.07) is -0.129. The molecule has 16 heavy (non-hydrogen) atoms. The summed E-state index contributed by atoms with van der Waals surface area (Å²) in [7, 11) is 0. The Kier molecular flexibility index (Phi) is 4.55. The molecular weight excluding hydrogens is 230 g/mol. The summed E-state index contributed by atoms with van der Waals surface area (Å²) < 4.78 is 0. The molecule has 4 nitrogen and oxygen atoms in total. The molecule has 5 heteroatoms. The average Bonchev–Trinajstić information content (AvgIpc) is 2.19. The second kappa shape index (κ2) is 5.70. The highest BCUT2D eigenvalue weighted by Crippen LogP contribution is 2.17. The van der Waals surface area contributed by atoms with Crippen LogP contribution in [-0.2, 0) is 4.79 Å². The molecule has 1 amide bonds. The number of rotatable bonds is 4. The fraction of sp³-hybridized carbons (Fsp3) is 0.455. The van der Waals surface area contributed by atoms with Gasteiger partial charge in [-0.05, 0) is 31.4 Å². The van der Waals surface area contributed by atoms with Gasteiger partial charge in [-0.25, -0.2) is 4.79 Å². The zero-order chi connectivity index (χ0) is 12.1. The summed E-state index contributed by atoms with van der Waals surface area (Å²) in [5.74, 6) is -0.113. The number of allylic oxidation sites excluding steroid dienone is 4. The van der Waals surface area contributed by atoms with Gasteiger partial charge < -0.3 is 10.4 Å². The van der Waals surface area contributed by atoms with Crippen LogP contribution >= 0.6 is 11.6 Å². The van der Waals surface area contributed by atoms with E-state index in [1.165, 1.54) is 6.08 Å². The first-order valence-corrected chi connectivity index (χ1v) is 5.49. The molecule has 0 fully saturated rings. The lowest BCUT2D eigenvalue weighted by molar-refractivity contribution is -0.113. The van der Waals surface area contributed by atoms with Gasteiger partial charge in [0.15, 0.2) is 5.78 Å². The molecule has 2 N–H and O–H groups in total. The number of amides is 1. The lowest BCUT2D eigenvalue weighted by atomic mass is 10.00. The van der Waals surface area contributed by atoms with Crippen LogP contribution in [-0.4, -0.2) is 28.4 Å². The van der Waals surface area contributed by atoms with E-state index >= 15 is 0 Å². The van der Waals surface area contributed by atoms with Crippen LogP contribution in [0.15, 0.2) is 23.8 Å². The van der Waals surface area contributed by atoms with Crippen LogP contribution in [0.25, 0.3) is 0 Å². The Morgan fingerprint density at radius 2 is 2.38 bits per heavy atom. The number of carboxylic acid groups (broad SMARTS) is 1. The van der Waals surface area contributed by atoms with Crippen LogP contribution in [0.3, 0.4) is 0 Å². The highest BCUT2D eigenvalue weighted by Gasteiger charge is 2.15. The number of carbonyl (C=O) groups is 2. The molecule has 2 atom stereocenters. The molecule has 0 aromatic heterocycles. The Labute approximate surface area is 99.0 Å². The van der Waals surface area contributed by atoms with E-state index in [1.807, 2.05) is 6.08 Å². The van der Waals surface area contributed by atoms with E-state index in [-0.39, 0.29) is 11.8 Å². The maximum atomic E-state index is 11.3. The van der Waals surface area contributed by atoms with Gasteiger partial charge in [0.1, 0.15) is 5.38 Å². The van der Waals surface area contributed by atoms with Gasteiger partial charge in [-0.1, -0.05) is 12.2 Å². The molecule has 0 aromatic carbocycles. The van der Waals surface area contributed by atoms with Crippen LogP contribution in [0.4, 0.5) is 4.79 Å². The molecule has 0 radical (unpaired) electrons. The number of nitrogens with one attached hydrogen (secondary N) is 1. The predicted octanol–water partition coefficient (Wildman–Crippen LogP) is 2.10. The fourth-order valence-electron chi connectivity index (χ4n) is 1.43. The minimum absolute atomic E-state index is 0.113. The zero-order valence-electron chi connectivity index (χ0n) is 8.94. The van der Waals surface area contributed by atoms with Gasteiger partial charge in [-0.15, -0.1) is 11.6 Å². The lowest BCUT2D eigenvalue weighted by Gasteiger charge is -2.13. The van der Waals surface area contributed by atoms with E-state index in [4.69, 9.17) is 16.7 Å². The number of alkyl halides is 1. The first kappa shape index (κ1) is 12.8. The van der Waals surface area contributed by atoms with E-state index in [9.17, 15) is 9.59 Å². The second-order valence-corrected chi connectivity index (χ2v) is 4.24. The summed E-state index contributed by atoms with van der Waals surface area (Å²) in [5.41, 5.74) is 0.890. The zero-order valence-corrected chi connectivity index (χ0v) is 9.70. The van der Waals surface area contributed by atoms with Crippen LogP contribution in [0.5, 0.6) is 0 Å². The van der Waals surface area contributed by atoms with Gasteiger partial charge in [-0.3, -0.25) is 4.79 Å². The molecule has 88 valence electrons. The van der Waals surface area contributed by atoms with Crippen LogP contribution < -0.4 is 5.32 Å². The lowest BCUT2D eigenvalue weighted by Crippen LogP contribution is -2.31. The van der Waals surface area contributed by atoms with Crippen molar-refractivity contribution in [3.05, 3.63) is 23.8 Å². The Morgan fingerprint density at radius 3 is 2.94 bits per heavy atom. The van der Waals surface area contributed by atoms with Crippen LogP contribution in [0, 0.1) is 0 Å². The Bertz CT molecular complexity index is 349. The third-order valence-corrected chi connectivity index (χ3v) is 2.68. The van der Waals surface area contributed by atoms with Gasteiger partial charge in [0.2, 0.25) is 0 Å². The number of halogens is 1. The van der Waals surface area contributed by atoms with Gasteiger partial charge in [0, 0.05) is 6.04 Å². The van der Waals surface area contributed by atoms with Crippen molar-refractivity contribution in [1.29, 1.82) is 0 Å². The SMILES string of the molecule is CC(CCC1=CC(=O)[C@@H](Cl)C=C1)NC(=O)O. The summed E-state index contributed by atoms with van der Waals surface area (Å²) in [6.45, 7) is 1.79. The monoisotopic (exact) mass is 243 g/mol. The second-order valence-electron chi connectivity index (χ2n) is 3.77. The standard InChI is InChI=1S/C11H14ClNO3/c1-7(13-11(15)16)2-3-8-4-5-9(12)10(14)6-8/h4-7,9,13H,2-3H2,1H3,(H,15,16)/t7?,9-/m0/s1. The molecule has 0 aliphatic heterocycles. The van der Waals surface area contributed by atoms with Gasteiger partial charge in [0.05, 0.1) is 0 Å². The molecule has 0 spiro atoms. The normalized spacial score (nSPS) is 21.5. The summed E-state index contributed by atoms with van der Waals surface area (Å²) in [5, 5.41) is 10.3. The topological polar surface area (TPSA) is 66.4 Å². The van der Waals surface area contributed by atoms with E-state index < -0.39 is 11.5 Å². The number of ketones is 1. The fourth-order valence-corrected chi connectivity index (χ4v) is 1.57. The minimum Gasteiger partial charge on any atom is -0.465 e. The van der Waals surface area contributed by atoms with Crippen molar-refractivity contribution in [1.82, 2.24) is 5.32 Å². The van der Waals surface area contributed by atoms with E-state index in [0.29, 0.717) is 12.8 Å². The summed E-state index contributed by atoms with van der Waals surface area (Å²) in [4.78, 5) is 21.6. The third kappa shape index (κ3) is 4.06. The molecular formula is C11H14ClNO3. The Morgan fingerprint density at radius 1 is 1.69 bits per heavy atom. The maximum Gasteiger partial charge on any atom is 0.404 e. The Hall–Kier alpha value is -1.29. The highest BCUT2D eigenvalue weighted by atomic mass is 35.5. The van der Waals surface area contributed by atoms with Crippen molar-refractivity contribution in [2.45, 2.75) is 31.2 Å². The van der Waals surface area contributed by atoms with Crippen molar-refractivity contribution in [2.75, 3.05) is 0 Å². The molecule has 0 saturated heterocycles. The van der Waals surface area contributed by atoms with E-state index in [0.717, 1.165) is 5.57 Å². The molecule has 1 rings (SSSR count). The van der Waals surface area contributed by atoms with Crippen LogP contribution in [0.1, 0.15) is 19.8 Å². The first-order chi connectivity index (χ1) is 7.49. The van der Waals surface area contributed by atoms with Crippen molar-refractivity contribution >= 4 is 23.5 Å². The largest absolute Gasteiger partial charge is 0.465 e. The molecule has 1 aliphatic rings. The van der Waals surface area contributed by atoms with Crippen molar-refractivity contribution in [2.24, 2.45) is 0 Å². The summed E-state index contributed by atoms with van der Waals surface area (Å²) >= 11 is 5.69. The maximum absolute atomic E-state index is 11.3. The number of carbonyl (C=O) groups excluding carboxylic acids is 1. The van der Waals surface area contributed by atoms with E-state index in [2.05, 4.69) is 5.32 Å².